The molecule has 1 nitrogen and oxygen atoms in total. The van der Waals surface area contributed by atoms with Crippen molar-refractivity contribution in [2.24, 2.45) is 5.73 Å². The van der Waals surface area contributed by atoms with E-state index in [9.17, 15) is 0 Å². The van der Waals surface area contributed by atoms with E-state index in [4.69, 9.17) is 5.73 Å². The Morgan fingerprint density at radius 3 is 2.28 bits per heavy atom. The molecule has 0 amide bonds. The largest absolute Gasteiger partial charge is 0.323 e. The van der Waals surface area contributed by atoms with Gasteiger partial charge < -0.3 is 5.73 Å². The van der Waals surface area contributed by atoms with Crippen molar-refractivity contribution in [3.8, 4) is 0 Å². The van der Waals surface area contributed by atoms with E-state index in [0.29, 0.717) is 0 Å². The minimum Gasteiger partial charge on any atom is -0.323 e. The van der Waals surface area contributed by atoms with Gasteiger partial charge in [0.1, 0.15) is 0 Å². The van der Waals surface area contributed by atoms with Crippen molar-refractivity contribution in [3.63, 3.8) is 0 Å². The van der Waals surface area contributed by atoms with Crippen molar-refractivity contribution in [2.75, 3.05) is 0 Å². The lowest BCUT2D eigenvalue weighted by Crippen LogP contribution is -2.13. The maximum atomic E-state index is 6.31. The summed E-state index contributed by atoms with van der Waals surface area (Å²) >= 11 is 5.21. The van der Waals surface area contributed by atoms with E-state index in [-0.39, 0.29) is 6.04 Å². The summed E-state index contributed by atoms with van der Waals surface area (Å²) in [6.45, 7) is 6.48. The van der Waals surface area contributed by atoms with Gasteiger partial charge in [-0.2, -0.15) is 0 Å². The van der Waals surface area contributed by atoms with E-state index in [1.54, 1.807) is 11.3 Å². The quantitative estimate of drug-likeness (QED) is 0.872. The summed E-state index contributed by atoms with van der Waals surface area (Å²) in [5.41, 5.74) is 11.7. The Morgan fingerprint density at radius 1 is 1.17 bits per heavy atom. The fourth-order valence-electron chi connectivity index (χ4n) is 2.38. The van der Waals surface area contributed by atoms with Gasteiger partial charge in [-0.25, -0.2) is 0 Å². The van der Waals surface area contributed by atoms with Crippen LogP contribution in [-0.2, 0) is 6.42 Å². The van der Waals surface area contributed by atoms with Gasteiger partial charge in [-0.05, 0) is 71.9 Å². The topological polar surface area (TPSA) is 26.0 Å². The monoisotopic (exact) mass is 323 g/mol. The fourth-order valence-corrected chi connectivity index (χ4v) is 3.80. The van der Waals surface area contributed by atoms with Crippen LogP contribution in [0.5, 0.6) is 0 Å². The molecule has 1 aromatic heterocycles. The van der Waals surface area contributed by atoms with Gasteiger partial charge in [0.25, 0.3) is 0 Å². The first kappa shape index (κ1) is 13.8. The summed E-state index contributed by atoms with van der Waals surface area (Å²) in [6, 6.07) is 8.73. The van der Waals surface area contributed by atoms with E-state index >= 15 is 0 Å². The maximum absolute atomic E-state index is 6.31. The second-order valence-electron chi connectivity index (χ2n) is 4.83. The van der Waals surface area contributed by atoms with Crippen molar-refractivity contribution >= 4 is 27.3 Å². The smallest absolute Gasteiger partial charge is 0.0701 e. The van der Waals surface area contributed by atoms with Crippen molar-refractivity contribution in [1.29, 1.82) is 0 Å². The van der Waals surface area contributed by atoms with Gasteiger partial charge in [-0.3, -0.25) is 0 Å². The van der Waals surface area contributed by atoms with Crippen LogP contribution in [0.4, 0.5) is 0 Å². The summed E-state index contributed by atoms with van der Waals surface area (Å²) in [5.74, 6) is 0. The minimum atomic E-state index is 0.0846. The molecular formula is C15H18BrNS. The third kappa shape index (κ3) is 3.02. The first-order valence-electron chi connectivity index (χ1n) is 6.05. The van der Waals surface area contributed by atoms with Crippen LogP contribution >= 0.6 is 27.3 Å². The van der Waals surface area contributed by atoms with Crippen LogP contribution in [0, 0.1) is 20.8 Å². The van der Waals surface area contributed by atoms with Crippen molar-refractivity contribution in [3.05, 3.63) is 55.2 Å². The summed E-state index contributed by atoms with van der Waals surface area (Å²) in [4.78, 5) is 1.24. The van der Waals surface area contributed by atoms with Crippen molar-refractivity contribution < 1.29 is 0 Å². The van der Waals surface area contributed by atoms with Crippen LogP contribution in [-0.4, -0.2) is 0 Å². The number of aryl methyl sites for hydroxylation is 3. The zero-order valence-corrected chi connectivity index (χ0v) is 13.4. The number of hydrogen-bond acceptors (Lipinski definition) is 2. The third-order valence-corrected chi connectivity index (χ3v) is 4.98. The fraction of sp³-hybridized carbons (Fsp3) is 0.333. The molecule has 18 heavy (non-hydrogen) atoms. The molecule has 0 aliphatic carbocycles. The first-order chi connectivity index (χ1) is 8.47. The van der Waals surface area contributed by atoms with E-state index < -0.39 is 0 Å². The van der Waals surface area contributed by atoms with Gasteiger partial charge in [0.15, 0.2) is 0 Å². The number of hydrogen-bond donors (Lipinski definition) is 1. The van der Waals surface area contributed by atoms with Gasteiger partial charge in [0.05, 0.1) is 3.79 Å². The normalized spacial score (nSPS) is 12.7. The Labute approximate surface area is 121 Å². The number of rotatable bonds is 3. The van der Waals surface area contributed by atoms with Gasteiger partial charge in [-0.1, -0.05) is 17.7 Å². The predicted octanol–water partition coefficient (Wildman–Crippen LogP) is 4.68. The molecular weight excluding hydrogens is 306 g/mol. The highest BCUT2D eigenvalue weighted by Crippen LogP contribution is 2.29. The number of thiophene rings is 1. The molecule has 0 radical (unpaired) electrons. The van der Waals surface area contributed by atoms with Crippen LogP contribution in [0.2, 0.25) is 0 Å². The number of nitrogens with two attached hydrogens (primary N) is 1. The molecule has 2 aromatic rings. The molecule has 2 N–H and O–H groups in total. The zero-order chi connectivity index (χ0) is 13.3. The third-order valence-electron chi connectivity index (χ3n) is 3.22. The Balaban J connectivity index is 2.24. The summed E-state index contributed by atoms with van der Waals surface area (Å²) in [6.07, 6.45) is 0.908. The standard InChI is InChI=1S/C15H18BrNS/c1-9-6-10(2)12(11(3)7-9)8-13(17)14-4-5-15(16)18-14/h4-7,13H,8,17H2,1-3H3. The average molecular weight is 324 g/mol. The molecule has 3 heteroatoms. The maximum Gasteiger partial charge on any atom is 0.0701 e. The van der Waals surface area contributed by atoms with Crippen molar-refractivity contribution in [2.45, 2.75) is 33.2 Å². The van der Waals surface area contributed by atoms with Gasteiger partial charge in [0.2, 0.25) is 0 Å². The van der Waals surface area contributed by atoms with Gasteiger partial charge in [0, 0.05) is 10.9 Å². The molecule has 0 saturated carbocycles. The second-order valence-corrected chi connectivity index (χ2v) is 7.32. The Bertz CT molecular complexity index is 536. The molecule has 96 valence electrons. The van der Waals surface area contributed by atoms with E-state index in [0.717, 1.165) is 10.2 Å². The molecule has 1 atom stereocenters. The highest BCUT2D eigenvalue weighted by Gasteiger charge is 2.13. The van der Waals surface area contributed by atoms with Crippen LogP contribution in [0.1, 0.15) is 33.2 Å². The molecule has 0 bridgehead atoms. The van der Waals surface area contributed by atoms with Crippen LogP contribution in [0.25, 0.3) is 0 Å². The average Bonchev–Trinajstić information content (AvgIpc) is 2.70. The lowest BCUT2D eigenvalue weighted by molar-refractivity contribution is 0.729. The van der Waals surface area contributed by atoms with Crippen molar-refractivity contribution in [1.82, 2.24) is 0 Å². The van der Waals surface area contributed by atoms with E-state index in [2.05, 4.69) is 61.0 Å². The molecule has 1 heterocycles. The van der Waals surface area contributed by atoms with Crippen LogP contribution in [0.3, 0.4) is 0 Å². The molecule has 1 unspecified atom stereocenters. The van der Waals surface area contributed by atoms with Crippen LogP contribution in [0.15, 0.2) is 28.1 Å². The molecule has 0 aliphatic rings. The van der Waals surface area contributed by atoms with Gasteiger partial charge >= 0.3 is 0 Å². The molecule has 0 spiro atoms. The SMILES string of the molecule is Cc1cc(C)c(CC(N)c2ccc(Br)s2)c(C)c1. The summed E-state index contributed by atoms with van der Waals surface area (Å²) < 4.78 is 1.14. The van der Waals surface area contributed by atoms with E-state index in [1.165, 1.54) is 27.1 Å². The predicted molar refractivity (Wildman–Crippen MR) is 83.3 cm³/mol. The summed E-state index contributed by atoms with van der Waals surface area (Å²) in [7, 11) is 0. The Hall–Kier alpha value is -0.640. The molecule has 0 aliphatic heterocycles. The molecule has 0 saturated heterocycles. The van der Waals surface area contributed by atoms with Gasteiger partial charge in [-0.15, -0.1) is 11.3 Å². The highest BCUT2D eigenvalue weighted by atomic mass is 79.9. The first-order valence-corrected chi connectivity index (χ1v) is 7.66. The number of benzene rings is 1. The lowest BCUT2D eigenvalue weighted by Gasteiger charge is -2.15. The Morgan fingerprint density at radius 2 is 1.78 bits per heavy atom. The zero-order valence-electron chi connectivity index (χ0n) is 11.0. The molecule has 2 rings (SSSR count). The molecule has 1 aromatic carbocycles. The second kappa shape index (κ2) is 5.55. The number of halogens is 1. The van der Waals surface area contributed by atoms with E-state index in [1.807, 2.05) is 0 Å². The lowest BCUT2D eigenvalue weighted by atomic mass is 9.94. The summed E-state index contributed by atoms with van der Waals surface area (Å²) in [5, 5.41) is 0. The van der Waals surface area contributed by atoms with Crippen LogP contribution < -0.4 is 5.73 Å². The minimum absolute atomic E-state index is 0.0846. The highest BCUT2D eigenvalue weighted by molar-refractivity contribution is 9.11. The molecule has 0 fully saturated rings. The Kier molecular flexibility index (Phi) is 4.25.